The number of rotatable bonds is 4. The van der Waals surface area contributed by atoms with Crippen LogP contribution in [0.15, 0.2) is 54.7 Å². The number of H-pyrrole nitrogens is 1. The van der Waals surface area contributed by atoms with Crippen molar-refractivity contribution in [1.82, 2.24) is 15.2 Å². The van der Waals surface area contributed by atoms with Gasteiger partial charge in [-0.1, -0.05) is 30.3 Å². The van der Waals surface area contributed by atoms with Crippen molar-refractivity contribution in [2.45, 2.75) is 6.42 Å². The first-order valence-corrected chi connectivity index (χ1v) is 9.33. The van der Waals surface area contributed by atoms with Gasteiger partial charge in [0.2, 0.25) is 0 Å². The van der Waals surface area contributed by atoms with Crippen LogP contribution in [0.3, 0.4) is 0 Å². The van der Waals surface area contributed by atoms with E-state index in [1.807, 2.05) is 41.4 Å². The van der Waals surface area contributed by atoms with Crippen molar-refractivity contribution in [2.75, 3.05) is 37.6 Å². The molecular formula is C21H24N4O2. The molecule has 2 aromatic carbocycles. The molecule has 0 bridgehead atoms. The first kappa shape index (κ1) is 17.3. The SMILES string of the molecule is O=C(NCCc1c[nH]c2ccccc12)N1CCN(c2ccccc2O)CC1. The fraction of sp³-hybridized carbons (Fsp3) is 0.286. The summed E-state index contributed by atoms with van der Waals surface area (Å²) in [6, 6.07) is 15.5. The smallest absolute Gasteiger partial charge is 0.317 e. The first-order valence-electron chi connectivity index (χ1n) is 9.33. The van der Waals surface area contributed by atoms with Gasteiger partial charge in [0.05, 0.1) is 5.69 Å². The fourth-order valence-corrected chi connectivity index (χ4v) is 3.64. The van der Waals surface area contributed by atoms with Crippen molar-refractivity contribution in [2.24, 2.45) is 0 Å². The van der Waals surface area contributed by atoms with Gasteiger partial charge in [-0.3, -0.25) is 0 Å². The van der Waals surface area contributed by atoms with Gasteiger partial charge in [0.15, 0.2) is 0 Å². The Labute approximate surface area is 158 Å². The number of amides is 2. The number of para-hydroxylation sites is 3. The standard InChI is InChI=1S/C21H24N4O2/c26-20-8-4-3-7-19(20)24-11-13-25(14-12-24)21(27)22-10-9-16-15-23-18-6-2-1-5-17(16)18/h1-8,15,23,26H,9-14H2,(H,22,27). The number of anilines is 1. The van der Waals surface area contributed by atoms with E-state index in [0.717, 1.165) is 17.6 Å². The van der Waals surface area contributed by atoms with Crippen molar-refractivity contribution in [3.63, 3.8) is 0 Å². The van der Waals surface area contributed by atoms with E-state index < -0.39 is 0 Å². The van der Waals surface area contributed by atoms with Crippen molar-refractivity contribution in [1.29, 1.82) is 0 Å². The second-order valence-corrected chi connectivity index (χ2v) is 6.80. The molecule has 0 aliphatic carbocycles. The van der Waals surface area contributed by atoms with Gasteiger partial charge in [-0.25, -0.2) is 4.79 Å². The Hall–Kier alpha value is -3.15. The third-order valence-corrected chi connectivity index (χ3v) is 5.13. The van der Waals surface area contributed by atoms with Crippen molar-refractivity contribution in [3.8, 4) is 5.75 Å². The summed E-state index contributed by atoms with van der Waals surface area (Å²) in [6.45, 7) is 3.34. The fourth-order valence-electron chi connectivity index (χ4n) is 3.64. The van der Waals surface area contributed by atoms with Gasteiger partial charge >= 0.3 is 6.03 Å². The third kappa shape index (κ3) is 3.69. The van der Waals surface area contributed by atoms with Crippen LogP contribution in [0.2, 0.25) is 0 Å². The zero-order chi connectivity index (χ0) is 18.6. The largest absolute Gasteiger partial charge is 0.506 e. The first-order chi connectivity index (χ1) is 13.2. The average molecular weight is 364 g/mol. The van der Waals surface area contributed by atoms with E-state index in [0.29, 0.717) is 32.7 Å². The molecule has 0 spiro atoms. The molecule has 2 heterocycles. The zero-order valence-corrected chi connectivity index (χ0v) is 15.2. The normalized spacial score (nSPS) is 14.5. The lowest BCUT2D eigenvalue weighted by Gasteiger charge is -2.36. The molecule has 6 nitrogen and oxygen atoms in total. The number of fused-ring (bicyclic) bond motifs is 1. The van der Waals surface area contributed by atoms with Crippen LogP contribution in [0.5, 0.6) is 5.75 Å². The van der Waals surface area contributed by atoms with Crippen LogP contribution < -0.4 is 10.2 Å². The predicted molar refractivity (Wildman–Crippen MR) is 107 cm³/mol. The molecule has 3 N–H and O–H groups in total. The number of aromatic amines is 1. The number of hydrogen-bond donors (Lipinski definition) is 3. The number of aromatic nitrogens is 1. The minimum absolute atomic E-state index is 0.0215. The van der Waals surface area contributed by atoms with E-state index in [-0.39, 0.29) is 11.8 Å². The Bertz CT molecular complexity index is 929. The Kier molecular flexibility index (Phi) is 4.87. The van der Waals surface area contributed by atoms with Gasteiger partial charge in [-0.05, 0) is 30.2 Å². The maximum absolute atomic E-state index is 12.4. The molecule has 1 saturated heterocycles. The predicted octanol–water partition coefficient (Wildman–Crippen LogP) is 2.95. The van der Waals surface area contributed by atoms with Crippen LogP contribution in [-0.2, 0) is 6.42 Å². The van der Waals surface area contributed by atoms with Crippen LogP contribution in [-0.4, -0.2) is 53.7 Å². The number of piperazine rings is 1. The summed E-state index contributed by atoms with van der Waals surface area (Å²) in [4.78, 5) is 19.7. The molecule has 1 fully saturated rings. The summed E-state index contributed by atoms with van der Waals surface area (Å²) in [5.74, 6) is 0.286. The van der Waals surface area contributed by atoms with E-state index >= 15 is 0 Å². The number of hydrogen-bond acceptors (Lipinski definition) is 3. The number of benzene rings is 2. The molecule has 140 valence electrons. The van der Waals surface area contributed by atoms with E-state index in [9.17, 15) is 9.90 Å². The van der Waals surface area contributed by atoms with Gasteiger partial charge in [-0.2, -0.15) is 0 Å². The minimum Gasteiger partial charge on any atom is -0.506 e. The summed E-state index contributed by atoms with van der Waals surface area (Å²) in [5.41, 5.74) is 3.17. The lowest BCUT2D eigenvalue weighted by Crippen LogP contribution is -2.52. The Morgan fingerprint density at radius 3 is 2.59 bits per heavy atom. The molecule has 6 heteroatoms. The number of aromatic hydroxyl groups is 1. The molecule has 4 rings (SSSR count). The number of carbonyl (C=O) groups is 1. The van der Waals surface area contributed by atoms with Gasteiger partial charge in [0.1, 0.15) is 5.75 Å². The number of nitrogens with zero attached hydrogens (tertiary/aromatic N) is 2. The monoisotopic (exact) mass is 364 g/mol. The van der Waals surface area contributed by atoms with Crippen molar-refractivity contribution < 1.29 is 9.90 Å². The lowest BCUT2D eigenvalue weighted by molar-refractivity contribution is 0.194. The highest BCUT2D eigenvalue weighted by Gasteiger charge is 2.22. The second-order valence-electron chi connectivity index (χ2n) is 6.80. The highest BCUT2D eigenvalue weighted by atomic mass is 16.3. The highest BCUT2D eigenvalue weighted by Crippen LogP contribution is 2.27. The van der Waals surface area contributed by atoms with Crippen molar-refractivity contribution in [3.05, 3.63) is 60.3 Å². The maximum atomic E-state index is 12.4. The number of phenols is 1. The Morgan fingerprint density at radius 1 is 1.04 bits per heavy atom. The summed E-state index contributed by atoms with van der Waals surface area (Å²) in [5, 5.41) is 14.2. The van der Waals surface area contributed by atoms with E-state index in [4.69, 9.17) is 0 Å². The van der Waals surface area contributed by atoms with Crippen LogP contribution in [0.1, 0.15) is 5.56 Å². The molecule has 1 aliphatic rings. The molecule has 1 aromatic heterocycles. The number of carbonyl (C=O) groups excluding carboxylic acids is 1. The van der Waals surface area contributed by atoms with Gasteiger partial charge < -0.3 is 25.2 Å². The molecule has 2 amide bonds. The van der Waals surface area contributed by atoms with Gasteiger partial charge in [-0.15, -0.1) is 0 Å². The van der Waals surface area contributed by atoms with Crippen LogP contribution in [0.25, 0.3) is 10.9 Å². The minimum atomic E-state index is -0.0215. The summed E-state index contributed by atoms with van der Waals surface area (Å²) >= 11 is 0. The Balaban J connectivity index is 1.27. The summed E-state index contributed by atoms with van der Waals surface area (Å²) < 4.78 is 0. The van der Waals surface area contributed by atoms with E-state index in [1.165, 1.54) is 10.9 Å². The van der Waals surface area contributed by atoms with E-state index in [2.05, 4.69) is 27.3 Å². The van der Waals surface area contributed by atoms with Gasteiger partial charge in [0, 0.05) is 49.8 Å². The molecule has 3 aromatic rings. The molecule has 0 unspecified atom stereocenters. The number of urea groups is 1. The van der Waals surface area contributed by atoms with Crippen LogP contribution in [0.4, 0.5) is 10.5 Å². The van der Waals surface area contributed by atoms with Crippen LogP contribution in [0, 0.1) is 0 Å². The van der Waals surface area contributed by atoms with Crippen molar-refractivity contribution >= 4 is 22.6 Å². The molecular weight excluding hydrogens is 340 g/mol. The number of nitrogens with one attached hydrogen (secondary N) is 2. The van der Waals surface area contributed by atoms with Gasteiger partial charge in [0.25, 0.3) is 0 Å². The molecule has 0 saturated carbocycles. The summed E-state index contributed by atoms with van der Waals surface area (Å²) in [7, 11) is 0. The van der Waals surface area contributed by atoms with E-state index in [1.54, 1.807) is 6.07 Å². The lowest BCUT2D eigenvalue weighted by atomic mass is 10.1. The van der Waals surface area contributed by atoms with Crippen LogP contribution >= 0.6 is 0 Å². The number of phenolic OH excluding ortho intramolecular Hbond substituents is 1. The molecule has 27 heavy (non-hydrogen) atoms. The maximum Gasteiger partial charge on any atom is 0.317 e. The summed E-state index contributed by atoms with van der Waals surface area (Å²) in [6.07, 6.45) is 2.82. The Morgan fingerprint density at radius 2 is 1.78 bits per heavy atom. The third-order valence-electron chi connectivity index (χ3n) is 5.13. The zero-order valence-electron chi connectivity index (χ0n) is 15.2. The quantitative estimate of drug-likeness (QED) is 0.667. The molecule has 0 radical (unpaired) electrons. The topological polar surface area (TPSA) is 71.6 Å². The average Bonchev–Trinajstić information content (AvgIpc) is 3.12. The highest BCUT2D eigenvalue weighted by molar-refractivity contribution is 5.83. The molecule has 1 aliphatic heterocycles. The second kappa shape index (κ2) is 7.61. The molecule has 0 atom stereocenters.